The summed E-state index contributed by atoms with van der Waals surface area (Å²) in [6, 6.07) is 17.6. The average Bonchev–Trinajstić information content (AvgIpc) is 2.41. The summed E-state index contributed by atoms with van der Waals surface area (Å²) in [7, 11) is 0. The number of hydrogen-bond donors (Lipinski definition) is 1. The number of halogens is 1. The highest BCUT2D eigenvalue weighted by molar-refractivity contribution is 5.85. The quantitative estimate of drug-likeness (QED) is 0.817. The Morgan fingerprint density at radius 3 is 2.16 bits per heavy atom. The number of hydrogen-bond acceptors (Lipinski definition) is 2. The van der Waals surface area contributed by atoms with E-state index >= 15 is 0 Å². The maximum Gasteiger partial charge on any atom is 0.127 e. The fourth-order valence-electron chi connectivity index (χ4n) is 1.72. The summed E-state index contributed by atoms with van der Waals surface area (Å²) in [6.07, 6.45) is 2.61. The smallest absolute Gasteiger partial charge is 0.127 e. The zero-order valence-electron chi connectivity index (χ0n) is 10.7. The molecule has 2 aromatic carbocycles. The average molecular weight is 276 g/mol. The van der Waals surface area contributed by atoms with E-state index in [0.29, 0.717) is 0 Å². The van der Waals surface area contributed by atoms with Crippen molar-refractivity contribution >= 4 is 12.4 Å². The highest BCUT2D eigenvalue weighted by Gasteiger charge is 2.04. The van der Waals surface area contributed by atoms with Gasteiger partial charge in [-0.2, -0.15) is 0 Å². The van der Waals surface area contributed by atoms with Crippen LogP contribution in [0.4, 0.5) is 0 Å². The summed E-state index contributed by atoms with van der Waals surface area (Å²) < 4.78 is 5.71. The Morgan fingerprint density at radius 1 is 1.00 bits per heavy atom. The number of nitrogens with two attached hydrogens (primary N) is 1. The first-order valence-corrected chi connectivity index (χ1v) is 5.99. The Labute approximate surface area is 120 Å². The molecule has 2 nitrogen and oxygen atoms in total. The van der Waals surface area contributed by atoms with E-state index in [-0.39, 0.29) is 18.4 Å². The van der Waals surface area contributed by atoms with Crippen molar-refractivity contribution in [2.24, 2.45) is 5.73 Å². The lowest BCUT2D eigenvalue weighted by atomic mass is 10.0. The van der Waals surface area contributed by atoms with Gasteiger partial charge >= 0.3 is 0 Å². The first-order chi connectivity index (χ1) is 8.79. The number of rotatable bonds is 5. The summed E-state index contributed by atoms with van der Waals surface area (Å²) in [6.45, 7) is 3.69. The molecular formula is C16H18ClNO. The van der Waals surface area contributed by atoms with Crippen molar-refractivity contribution in [3.8, 4) is 11.5 Å². The Balaban J connectivity index is 0.00000180. The summed E-state index contributed by atoms with van der Waals surface area (Å²) in [5.74, 6) is 1.65. The third-order valence-electron chi connectivity index (χ3n) is 2.71. The maximum absolute atomic E-state index is 6.00. The van der Waals surface area contributed by atoms with Crippen LogP contribution in [0.1, 0.15) is 18.0 Å². The van der Waals surface area contributed by atoms with Gasteiger partial charge in [0.25, 0.3) is 0 Å². The molecule has 0 bridgehead atoms. The second kappa shape index (κ2) is 7.62. The molecule has 1 atom stereocenters. The number of benzene rings is 2. The summed E-state index contributed by atoms with van der Waals surface area (Å²) >= 11 is 0. The minimum Gasteiger partial charge on any atom is -0.457 e. The first kappa shape index (κ1) is 15.3. The van der Waals surface area contributed by atoms with Crippen molar-refractivity contribution in [1.29, 1.82) is 0 Å². The molecule has 3 heteroatoms. The van der Waals surface area contributed by atoms with Crippen LogP contribution in [-0.4, -0.2) is 0 Å². The summed E-state index contributed by atoms with van der Waals surface area (Å²) in [5, 5.41) is 0. The summed E-state index contributed by atoms with van der Waals surface area (Å²) in [5.41, 5.74) is 7.09. The first-order valence-electron chi connectivity index (χ1n) is 5.99. The minimum atomic E-state index is 0. The molecule has 0 aliphatic rings. The second-order valence-corrected chi connectivity index (χ2v) is 4.12. The third kappa shape index (κ3) is 4.43. The highest BCUT2D eigenvalue weighted by Crippen LogP contribution is 2.23. The topological polar surface area (TPSA) is 35.2 Å². The molecule has 0 unspecified atom stereocenters. The van der Waals surface area contributed by atoms with Crippen LogP contribution in [0.15, 0.2) is 67.3 Å². The van der Waals surface area contributed by atoms with Crippen LogP contribution in [0.2, 0.25) is 0 Å². The fraction of sp³-hybridized carbons (Fsp3) is 0.125. The van der Waals surface area contributed by atoms with Crippen molar-refractivity contribution in [3.63, 3.8) is 0 Å². The fourth-order valence-corrected chi connectivity index (χ4v) is 1.72. The van der Waals surface area contributed by atoms with Gasteiger partial charge in [0.05, 0.1) is 0 Å². The molecule has 0 aliphatic heterocycles. The molecule has 0 radical (unpaired) electrons. The van der Waals surface area contributed by atoms with Gasteiger partial charge < -0.3 is 10.5 Å². The van der Waals surface area contributed by atoms with Gasteiger partial charge in [-0.15, -0.1) is 19.0 Å². The van der Waals surface area contributed by atoms with E-state index in [1.54, 1.807) is 0 Å². The van der Waals surface area contributed by atoms with Gasteiger partial charge in [0.2, 0.25) is 0 Å². The lowest BCUT2D eigenvalue weighted by molar-refractivity contribution is 0.482. The molecule has 0 aromatic heterocycles. The van der Waals surface area contributed by atoms with Gasteiger partial charge in [-0.1, -0.05) is 36.4 Å². The zero-order chi connectivity index (χ0) is 12.8. The van der Waals surface area contributed by atoms with E-state index in [1.807, 2.05) is 60.7 Å². The Hall–Kier alpha value is -1.77. The molecule has 2 rings (SSSR count). The maximum atomic E-state index is 6.00. The number of para-hydroxylation sites is 1. The predicted molar refractivity (Wildman–Crippen MR) is 81.9 cm³/mol. The molecule has 0 saturated carbocycles. The van der Waals surface area contributed by atoms with Gasteiger partial charge in [0.1, 0.15) is 11.5 Å². The Bertz CT molecular complexity index is 496. The minimum absolute atomic E-state index is 0. The standard InChI is InChI=1S/C16H17NO.ClH/c1-2-6-16(17)13-9-11-15(12-10-13)18-14-7-4-3-5-8-14;/h2-5,7-12,16H,1,6,17H2;1H/t16-;/m1./s1. The normalized spacial score (nSPS) is 11.2. The van der Waals surface area contributed by atoms with E-state index in [2.05, 4.69) is 6.58 Å². The molecule has 19 heavy (non-hydrogen) atoms. The van der Waals surface area contributed by atoms with Crippen LogP contribution >= 0.6 is 12.4 Å². The molecule has 2 aromatic rings. The van der Waals surface area contributed by atoms with Crippen molar-refractivity contribution in [1.82, 2.24) is 0 Å². The predicted octanol–water partition coefficient (Wildman–Crippen LogP) is 4.48. The monoisotopic (exact) mass is 275 g/mol. The molecule has 0 amide bonds. The van der Waals surface area contributed by atoms with Crippen molar-refractivity contribution in [2.75, 3.05) is 0 Å². The molecule has 0 fully saturated rings. The van der Waals surface area contributed by atoms with Gasteiger partial charge in [0.15, 0.2) is 0 Å². The van der Waals surface area contributed by atoms with Gasteiger partial charge in [0, 0.05) is 6.04 Å². The molecular weight excluding hydrogens is 258 g/mol. The van der Waals surface area contributed by atoms with E-state index < -0.39 is 0 Å². The van der Waals surface area contributed by atoms with Crippen LogP contribution < -0.4 is 10.5 Å². The number of ether oxygens (including phenoxy) is 1. The Kier molecular flexibility index (Phi) is 6.13. The van der Waals surface area contributed by atoms with Crippen molar-refractivity contribution < 1.29 is 4.74 Å². The molecule has 2 N–H and O–H groups in total. The lowest BCUT2D eigenvalue weighted by Crippen LogP contribution is -2.08. The Morgan fingerprint density at radius 2 is 1.58 bits per heavy atom. The van der Waals surface area contributed by atoms with E-state index in [9.17, 15) is 0 Å². The molecule has 0 aliphatic carbocycles. The van der Waals surface area contributed by atoms with Crippen LogP contribution in [-0.2, 0) is 0 Å². The van der Waals surface area contributed by atoms with Crippen LogP contribution in [0, 0.1) is 0 Å². The van der Waals surface area contributed by atoms with E-state index in [4.69, 9.17) is 10.5 Å². The van der Waals surface area contributed by atoms with Crippen molar-refractivity contribution in [3.05, 3.63) is 72.8 Å². The second-order valence-electron chi connectivity index (χ2n) is 4.12. The van der Waals surface area contributed by atoms with E-state index in [1.165, 1.54) is 0 Å². The molecule has 0 saturated heterocycles. The third-order valence-corrected chi connectivity index (χ3v) is 2.71. The highest BCUT2D eigenvalue weighted by atomic mass is 35.5. The molecule has 0 spiro atoms. The largest absolute Gasteiger partial charge is 0.457 e. The van der Waals surface area contributed by atoms with Crippen LogP contribution in [0.25, 0.3) is 0 Å². The van der Waals surface area contributed by atoms with Crippen molar-refractivity contribution in [2.45, 2.75) is 12.5 Å². The van der Waals surface area contributed by atoms with Crippen LogP contribution in [0.3, 0.4) is 0 Å². The summed E-state index contributed by atoms with van der Waals surface area (Å²) in [4.78, 5) is 0. The van der Waals surface area contributed by atoms with E-state index in [0.717, 1.165) is 23.5 Å². The van der Waals surface area contributed by atoms with Gasteiger partial charge in [-0.3, -0.25) is 0 Å². The zero-order valence-corrected chi connectivity index (χ0v) is 11.5. The lowest BCUT2D eigenvalue weighted by Gasteiger charge is -2.10. The van der Waals surface area contributed by atoms with Crippen LogP contribution in [0.5, 0.6) is 11.5 Å². The van der Waals surface area contributed by atoms with Gasteiger partial charge in [-0.05, 0) is 36.2 Å². The molecule has 100 valence electrons. The molecule has 0 heterocycles. The SMILES string of the molecule is C=CC[C@@H](N)c1ccc(Oc2ccccc2)cc1.Cl. The van der Waals surface area contributed by atoms with Gasteiger partial charge in [-0.25, -0.2) is 0 Å².